The number of methoxy groups -OCH3 is 2. The number of benzene rings is 2. The minimum Gasteiger partial charge on any atom is -0.497 e. The summed E-state index contributed by atoms with van der Waals surface area (Å²) in [5.41, 5.74) is 3.56. The molecule has 3 rings (SSSR count). The van der Waals surface area contributed by atoms with Crippen LogP contribution in [-0.4, -0.2) is 25.7 Å². The van der Waals surface area contributed by atoms with Gasteiger partial charge in [0.2, 0.25) is 0 Å². The molecule has 4 nitrogen and oxygen atoms in total. The minimum absolute atomic E-state index is 0.0749. The second-order valence-electron chi connectivity index (χ2n) is 7.14. The molecule has 2 aromatic rings. The summed E-state index contributed by atoms with van der Waals surface area (Å²) in [6.45, 7) is 6.15. The van der Waals surface area contributed by atoms with Crippen molar-refractivity contribution in [2.24, 2.45) is 0 Å². The first-order valence-corrected chi connectivity index (χ1v) is 8.90. The summed E-state index contributed by atoms with van der Waals surface area (Å²) in [6.07, 6.45) is 5.56. The average molecular weight is 363 g/mol. The van der Waals surface area contributed by atoms with E-state index in [1.165, 1.54) is 0 Å². The Bertz CT molecular complexity index is 908. The molecule has 140 valence electrons. The van der Waals surface area contributed by atoms with Crippen molar-refractivity contribution in [3.63, 3.8) is 0 Å². The average Bonchev–Trinajstić information content (AvgIpc) is 2.65. The predicted molar refractivity (Wildman–Crippen MR) is 110 cm³/mol. The zero-order chi connectivity index (χ0) is 19.6. The summed E-state index contributed by atoms with van der Waals surface area (Å²) in [6, 6.07) is 13.4. The highest BCUT2D eigenvalue weighted by atomic mass is 16.5. The molecule has 1 aliphatic rings. The Hall–Kier alpha value is -3.01. The van der Waals surface area contributed by atoms with Crippen molar-refractivity contribution in [1.29, 1.82) is 0 Å². The number of amides is 1. The molecule has 1 aliphatic heterocycles. The minimum atomic E-state index is -0.440. The molecular weight excluding hydrogens is 338 g/mol. The van der Waals surface area contributed by atoms with E-state index in [0.29, 0.717) is 0 Å². The van der Waals surface area contributed by atoms with Gasteiger partial charge in [0.15, 0.2) is 0 Å². The molecule has 4 heteroatoms. The van der Waals surface area contributed by atoms with E-state index in [-0.39, 0.29) is 5.91 Å². The highest BCUT2D eigenvalue weighted by Gasteiger charge is 2.35. The number of carbonyl (C=O) groups is 1. The van der Waals surface area contributed by atoms with Crippen molar-refractivity contribution in [3.8, 4) is 11.5 Å². The second kappa shape index (κ2) is 7.31. The molecule has 0 aliphatic carbocycles. The van der Waals surface area contributed by atoms with Gasteiger partial charge in [0, 0.05) is 17.7 Å². The van der Waals surface area contributed by atoms with Crippen molar-refractivity contribution in [2.75, 3.05) is 19.1 Å². The van der Waals surface area contributed by atoms with Crippen molar-refractivity contribution in [2.45, 2.75) is 26.3 Å². The Kier molecular flexibility index (Phi) is 5.08. The van der Waals surface area contributed by atoms with E-state index in [1.54, 1.807) is 20.3 Å². The van der Waals surface area contributed by atoms with Gasteiger partial charge in [-0.05, 0) is 62.2 Å². The first kappa shape index (κ1) is 18.8. The van der Waals surface area contributed by atoms with Crippen LogP contribution in [0.2, 0.25) is 0 Å². The first-order chi connectivity index (χ1) is 12.9. The van der Waals surface area contributed by atoms with Gasteiger partial charge in [0.25, 0.3) is 5.91 Å². The summed E-state index contributed by atoms with van der Waals surface area (Å²) >= 11 is 0. The van der Waals surface area contributed by atoms with Gasteiger partial charge in [-0.1, -0.05) is 18.2 Å². The highest BCUT2D eigenvalue weighted by molar-refractivity contribution is 6.08. The van der Waals surface area contributed by atoms with Gasteiger partial charge in [-0.25, -0.2) is 0 Å². The van der Waals surface area contributed by atoms with E-state index in [2.05, 4.69) is 13.0 Å². The molecule has 0 unspecified atom stereocenters. The number of allylic oxidation sites excluding steroid dienone is 1. The van der Waals surface area contributed by atoms with Crippen LogP contribution in [0.1, 0.15) is 31.9 Å². The van der Waals surface area contributed by atoms with Crippen molar-refractivity contribution in [3.05, 3.63) is 65.7 Å². The Morgan fingerprint density at radius 3 is 2.26 bits per heavy atom. The lowest BCUT2D eigenvalue weighted by Gasteiger charge is -2.41. The summed E-state index contributed by atoms with van der Waals surface area (Å²) in [4.78, 5) is 14.9. The van der Waals surface area contributed by atoms with Crippen LogP contribution in [0.25, 0.3) is 11.6 Å². The topological polar surface area (TPSA) is 38.8 Å². The first-order valence-electron chi connectivity index (χ1n) is 8.90. The fraction of sp³-hybridized carbons (Fsp3) is 0.261. The lowest BCUT2D eigenvalue weighted by atomic mass is 9.88. The molecule has 27 heavy (non-hydrogen) atoms. The van der Waals surface area contributed by atoms with Crippen molar-refractivity contribution >= 4 is 23.2 Å². The highest BCUT2D eigenvalue weighted by Crippen LogP contribution is 2.40. The lowest BCUT2D eigenvalue weighted by Crippen LogP contribution is -2.48. The molecule has 1 amide bonds. The smallest absolute Gasteiger partial charge is 0.251 e. The van der Waals surface area contributed by atoms with E-state index in [4.69, 9.17) is 9.47 Å². The van der Waals surface area contributed by atoms with E-state index < -0.39 is 5.54 Å². The molecule has 0 radical (unpaired) electrons. The predicted octanol–water partition coefficient (Wildman–Crippen LogP) is 4.95. The van der Waals surface area contributed by atoms with E-state index in [9.17, 15) is 4.79 Å². The van der Waals surface area contributed by atoms with Gasteiger partial charge in [-0.15, -0.1) is 0 Å². The third-order valence-corrected chi connectivity index (χ3v) is 4.77. The third-order valence-electron chi connectivity index (χ3n) is 4.77. The van der Waals surface area contributed by atoms with Crippen LogP contribution >= 0.6 is 0 Å². The Morgan fingerprint density at radius 1 is 1.00 bits per heavy atom. The molecule has 2 aromatic carbocycles. The van der Waals surface area contributed by atoms with Crippen LogP contribution in [0.5, 0.6) is 11.5 Å². The number of rotatable bonds is 4. The number of anilines is 1. The van der Waals surface area contributed by atoms with Crippen LogP contribution in [-0.2, 0) is 4.79 Å². The van der Waals surface area contributed by atoms with Crippen LogP contribution in [0.15, 0.2) is 54.6 Å². The fourth-order valence-electron chi connectivity index (χ4n) is 3.50. The Balaban J connectivity index is 1.96. The molecule has 0 fully saturated rings. The number of nitrogens with zero attached hydrogens (tertiary/aromatic N) is 1. The Labute approximate surface area is 160 Å². The van der Waals surface area contributed by atoms with Crippen LogP contribution in [0, 0.1) is 0 Å². The standard InChI is InChI=1S/C23H25NO3/c1-16-15-23(2,3)24(21-14-19(27-5)11-12-20(16)21)22(25)13-8-17-6-9-18(26-4)10-7-17/h6-15H,1-5H3. The maximum absolute atomic E-state index is 13.1. The molecule has 0 spiro atoms. The summed E-state index contributed by atoms with van der Waals surface area (Å²) in [5.74, 6) is 1.45. The number of hydrogen-bond acceptors (Lipinski definition) is 3. The van der Waals surface area contributed by atoms with Crippen molar-refractivity contribution < 1.29 is 14.3 Å². The largest absolute Gasteiger partial charge is 0.497 e. The lowest BCUT2D eigenvalue weighted by molar-refractivity contribution is -0.114. The van der Waals surface area contributed by atoms with Gasteiger partial charge >= 0.3 is 0 Å². The zero-order valence-corrected chi connectivity index (χ0v) is 16.4. The zero-order valence-electron chi connectivity index (χ0n) is 16.4. The van der Waals surface area contributed by atoms with Crippen LogP contribution in [0.3, 0.4) is 0 Å². The normalized spacial score (nSPS) is 15.3. The molecular formula is C23H25NO3. The number of ether oxygens (including phenoxy) is 2. The molecule has 1 heterocycles. The molecule has 0 saturated heterocycles. The number of hydrogen-bond donors (Lipinski definition) is 0. The summed E-state index contributed by atoms with van der Waals surface area (Å²) in [7, 11) is 3.27. The van der Waals surface area contributed by atoms with Crippen LogP contribution in [0.4, 0.5) is 5.69 Å². The number of fused-ring (bicyclic) bond motifs is 1. The quantitative estimate of drug-likeness (QED) is 0.722. The van der Waals surface area contributed by atoms with Crippen molar-refractivity contribution in [1.82, 2.24) is 0 Å². The summed E-state index contributed by atoms with van der Waals surface area (Å²) in [5, 5.41) is 0. The monoisotopic (exact) mass is 363 g/mol. The second-order valence-corrected chi connectivity index (χ2v) is 7.14. The van der Waals surface area contributed by atoms with E-state index >= 15 is 0 Å². The van der Waals surface area contributed by atoms with Gasteiger partial charge in [0.05, 0.1) is 25.4 Å². The molecule has 0 aromatic heterocycles. The SMILES string of the molecule is COc1ccc(C=CC(=O)N2c3cc(OC)ccc3C(C)=CC2(C)C)cc1. The molecule has 0 N–H and O–H groups in total. The fourth-order valence-corrected chi connectivity index (χ4v) is 3.50. The van der Waals surface area contributed by atoms with Crippen LogP contribution < -0.4 is 14.4 Å². The Morgan fingerprint density at radius 2 is 1.63 bits per heavy atom. The summed E-state index contributed by atoms with van der Waals surface area (Å²) < 4.78 is 10.5. The number of carbonyl (C=O) groups excluding carboxylic acids is 1. The van der Waals surface area contributed by atoms with E-state index in [0.717, 1.165) is 33.9 Å². The van der Waals surface area contributed by atoms with Gasteiger partial charge in [0.1, 0.15) is 11.5 Å². The van der Waals surface area contributed by atoms with Gasteiger partial charge in [-0.2, -0.15) is 0 Å². The molecule has 0 atom stereocenters. The van der Waals surface area contributed by atoms with Gasteiger partial charge < -0.3 is 9.47 Å². The van der Waals surface area contributed by atoms with E-state index in [1.807, 2.05) is 67.3 Å². The maximum Gasteiger partial charge on any atom is 0.251 e. The molecule has 0 bridgehead atoms. The molecule has 0 saturated carbocycles. The third kappa shape index (κ3) is 3.75. The van der Waals surface area contributed by atoms with Gasteiger partial charge in [-0.3, -0.25) is 9.69 Å². The maximum atomic E-state index is 13.1.